The maximum atomic E-state index is 12.2. The third-order valence-corrected chi connectivity index (χ3v) is 5.14. The van der Waals surface area contributed by atoms with Crippen LogP contribution in [0.4, 0.5) is 0 Å². The number of benzene rings is 1. The number of phenolic OH excluding ortho intramolecular Hbond substituents is 2. The minimum Gasteiger partial charge on any atom is -0.510 e. The van der Waals surface area contributed by atoms with Gasteiger partial charge >= 0.3 is 0 Å². The van der Waals surface area contributed by atoms with Crippen LogP contribution in [0.25, 0.3) is 0 Å². The van der Waals surface area contributed by atoms with Gasteiger partial charge in [0.05, 0.1) is 16.6 Å². The lowest BCUT2D eigenvalue weighted by atomic mass is 9.68. The predicted octanol–water partition coefficient (Wildman–Crippen LogP) is 2.00. The third kappa shape index (κ3) is 1.95. The molecule has 1 aliphatic heterocycles. The van der Waals surface area contributed by atoms with Crippen LogP contribution in [-0.4, -0.2) is 38.8 Å². The van der Waals surface area contributed by atoms with Gasteiger partial charge in [-0.3, -0.25) is 14.4 Å². The number of rotatable bonds is 2. The molecule has 1 heterocycles. The largest absolute Gasteiger partial charge is 0.510 e. The first-order valence-corrected chi connectivity index (χ1v) is 7.77. The number of Topliss-reactive ketones (excluding diaryl/α,β-unsaturated/α-hetero) is 3. The summed E-state index contributed by atoms with van der Waals surface area (Å²) in [6.45, 7) is 5.37. The first-order valence-electron chi connectivity index (χ1n) is 7.77. The van der Waals surface area contributed by atoms with Crippen molar-refractivity contribution in [3.8, 4) is 17.2 Å². The van der Waals surface area contributed by atoms with E-state index in [1.165, 1.54) is 27.7 Å². The van der Waals surface area contributed by atoms with Crippen LogP contribution in [0.1, 0.15) is 48.7 Å². The molecular weight excluding hydrogens is 328 g/mol. The van der Waals surface area contributed by atoms with E-state index < -0.39 is 40.4 Å². The number of hydrogen-bond acceptors (Lipinski definition) is 7. The van der Waals surface area contributed by atoms with Gasteiger partial charge in [0.1, 0.15) is 34.7 Å². The van der Waals surface area contributed by atoms with E-state index in [0.717, 1.165) is 0 Å². The van der Waals surface area contributed by atoms with Gasteiger partial charge in [0.25, 0.3) is 0 Å². The van der Waals surface area contributed by atoms with Gasteiger partial charge in [-0.2, -0.15) is 0 Å². The molecule has 3 N–H and O–H groups in total. The second-order valence-electron chi connectivity index (χ2n) is 6.67. The number of phenols is 2. The smallest absolute Gasteiger partial charge is 0.173 e. The van der Waals surface area contributed by atoms with Gasteiger partial charge in [0.2, 0.25) is 0 Å². The maximum absolute atomic E-state index is 12.2. The summed E-state index contributed by atoms with van der Waals surface area (Å²) in [6, 6.07) is 0. The Morgan fingerprint density at radius 3 is 2.24 bits per heavy atom. The van der Waals surface area contributed by atoms with Gasteiger partial charge in [-0.25, -0.2) is 0 Å². The van der Waals surface area contributed by atoms with E-state index in [9.17, 15) is 29.7 Å². The number of aliphatic hydroxyl groups is 1. The zero-order valence-corrected chi connectivity index (χ0v) is 14.3. The van der Waals surface area contributed by atoms with Crippen molar-refractivity contribution in [2.24, 2.45) is 0 Å². The zero-order valence-electron chi connectivity index (χ0n) is 14.3. The molecule has 0 spiro atoms. The Hall–Kier alpha value is -2.83. The highest BCUT2D eigenvalue weighted by atomic mass is 16.5. The maximum Gasteiger partial charge on any atom is 0.173 e. The molecule has 7 heteroatoms. The number of aromatic hydroxyl groups is 2. The molecule has 2 aliphatic rings. The topological polar surface area (TPSA) is 121 Å². The Morgan fingerprint density at radius 2 is 1.72 bits per heavy atom. The Kier molecular flexibility index (Phi) is 3.46. The van der Waals surface area contributed by atoms with Crippen LogP contribution >= 0.6 is 0 Å². The predicted molar refractivity (Wildman–Crippen MR) is 86.2 cm³/mol. The normalized spacial score (nSPS) is 24.6. The molecule has 1 aromatic rings. The molecule has 0 saturated carbocycles. The molecule has 7 nitrogen and oxygen atoms in total. The minimum absolute atomic E-state index is 0.0588. The number of ketones is 3. The molecule has 2 atom stereocenters. The molecule has 1 aromatic carbocycles. The summed E-state index contributed by atoms with van der Waals surface area (Å²) in [5.41, 5.74) is -1.67. The zero-order chi connectivity index (χ0) is 18.8. The Bertz CT molecular complexity index is 893. The highest BCUT2D eigenvalue weighted by Crippen LogP contribution is 2.58. The molecule has 3 rings (SSSR count). The Balaban J connectivity index is 2.43. The lowest BCUT2D eigenvalue weighted by molar-refractivity contribution is -0.123. The van der Waals surface area contributed by atoms with Gasteiger partial charge < -0.3 is 20.1 Å². The van der Waals surface area contributed by atoms with E-state index in [1.807, 2.05) is 0 Å². The second-order valence-corrected chi connectivity index (χ2v) is 6.67. The van der Waals surface area contributed by atoms with Crippen LogP contribution in [0, 0.1) is 6.92 Å². The Morgan fingerprint density at radius 1 is 1.12 bits per heavy atom. The fraction of sp³-hybridized carbons (Fsp3) is 0.389. The highest BCUT2D eigenvalue weighted by Gasteiger charge is 2.57. The molecule has 0 radical (unpaired) electrons. The number of hydrogen-bond donors (Lipinski definition) is 3. The van der Waals surface area contributed by atoms with E-state index >= 15 is 0 Å². The molecule has 25 heavy (non-hydrogen) atoms. The van der Waals surface area contributed by atoms with Gasteiger partial charge in [-0.05, 0) is 27.7 Å². The van der Waals surface area contributed by atoms with Crippen LogP contribution in [0.15, 0.2) is 11.3 Å². The SMILES string of the molecule is CC(=O)C1=C(O)[C@@]2(C)c3c(O)c(C)c(O)c(C(C)=O)c3O[C@H]2CC1=O. The quantitative estimate of drug-likeness (QED) is 0.553. The first kappa shape index (κ1) is 17.0. The summed E-state index contributed by atoms with van der Waals surface area (Å²) >= 11 is 0. The van der Waals surface area contributed by atoms with Gasteiger partial charge in [-0.1, -0.05) is 0 Å². The summed E-state index contributed by atoms with van der Waals surface area (Å²) in [5, 5.41) is 31.5. The van der Waals surface area contributed by atoms with Gasteiger partial charge in [0.15, 0.2) is 17.3 Å². The number of allylic oxidation sites excluding steroid dienone is 1. The highest BCUT2D eigenvalue weighted by molar-refractivity contribution is 6.21. The lowest BCUT2D eigenvalue weighted by Gasteiger charge is -2.34. The van der Waals surface area contributed by atoms with Crippen molar-refractivity contribution >= 4 is 17.3 Å². The molecule has 0 fully saturated rings. The molecule has 0 aromatic heterocycles. The van der Waals surface area contributed by atoms with Crippen molar-refractivity contribution in [2.45, 2.75) is 45.6 Å². The van der Waals surface area contributed by atoms with Gasteiger partial charge in [-0.15, -0.1) is 0 Å². The van der Waals surface area contributed by atoms with Crippen molar-refractivity contribution in [1.82, 2.24) is 0 Å². The van der Waals surface area contributed by atoms with Crippen molar-refractivity contribution in [2.75, 3.05) is 0 Å². The molecule has 0 unspecified atom stereocenters. The molecule has 0 bridgehead atoms. The second kappa shape index (κ2) is 5.08. The van der Waals surface area contributed by atoms with E-state index in [-0.39, 0.29) is 40.2 Å². The first-order chi connectivity index (χ1) is 11.5. The molecule has 0 saturated heterocycles. The lowest BCUT2D eigenvalue weighted by Crippen LogP contribution is -2.45. The molecule has 1 aliphatic carbocycles. The van der Waals surface area contributed by atoms with Crippen LogP contribution in [-0.2, 0) is 15.0 Å². The van der Waals surface area contributed by atoms with Crippen LogP contribution < -0.4 is 4.74 Å². The number of fused-ring (bicyclic) bond motifs is 3. The summed E-state index contributed by atoms with van der Waals surface area (Å²) in [4.78, 5) is 36.0. The van der Waals surface area contributed by atoms with Crippen molar-refractivity contribution in [1.29, 1.82) is 0 Å². The average molecular weight is 346 g/mol. The monoisotopic (exact) mass is 346 g/mol. The number of aliphatic hydroxyl groups excluding tert-OH is 1. The fourth-order valence-electron chi connectivity index (χ4n) is 3.72. The van der Waals surface area contributed by atoms with Crippen molar-refractivity contribution in [3.05, 3.63) is 28.0 Å². The van der Waals surface area contributed by atoms with Crippen molar-refractivity contribution in [3.63, 3.8) is 0 Å². The Labute approximate surface area is 143 Å². The average Bonchev–Trinajstić information content (AvgIpc) is 2.78. The minimum atomic E-state index is -1.38. The molecule has 0 amide bonds. The third-order valence-electron chi connectivity index (χ3n) is 5.14. The van der Waals surface area contributed by atoms with E-state index in [2.05, 4.69) is 0 Å². The van der Waals surface area contributed by atoms with Gasteiger partial charge in [0, 0.05) is 12.0 Å². The van der Waals surface area contributed by atoms with Crippen LogP contribution in [0.5, 0.6) is 17.2 Å². The van der Waals surface area contributed by atoms with E-state index in [0.29, 0.717) is 0 Å². The van der Waals surface area contributed by atoms with Crippen LogP contribution in [0.2, 0.25) is 0 Å². The summed E-state index contributed by atoms with van der Waals surface area (Å²) in [5.74, 6) is -2.94. The number of carbonyl (C=O) groups excluding carboxylic acids is 3. The summed E-state index contributed by atoms with van der Waals surface area (Å²) in [6.07, 6.45) is -1.09. The number of carbonyl (C=O) groups is 3. The standard InChI is InChI=1S/C18H18O7/c1-6-14(22)12(8(3)20)16-13(15(6)23)18(4)10(25-16)5-9(21)11(7(2)19)17(18)24/h10,22-24H,5H2,1-4H3/t10-,18+/m0/s1. The summed E-state index contributed by atoms with van der Waals surface area (Å²) in [7, 11) is 0. The van der Waals surface area contributed by atoms with Crippen LogP contribution in [0.3, 0.4) is 0 Å². The molecular formula is C18H18O7. The van der Waals surface area contributed by atoms with Crippen molar-refractivity contribution < 1.29 is 34.4 Å². The summed E-state index contributed by atoms with van der Waals surface area (Å²) < 4.78 is 5.72. The van der Waals surface area contributed by atoms with E-state index in [1.54, 1.807) is 0 Å². The number of ether oxygens (including phenoxy) is 1. The fourth-order valence-corrected chi connectivity index (χ4v) is 3.72. The molecule has 132 valence electrons. The van der Waals surface area contributed by atoms with E-state index in [4.69, 9.17) is 4.74 Å².